The van der Waals surface area contributed by atoms with Crippen LogP contribution in [0.2, 0.25) is 10.0 Å². The van der Waals surface area contributed by atoms with E-state index < -0.39 is 15.8 Å². The minimum Gasteiger partial charge on any atom is -0.396 e. The van der Waals surface area contributed by atoms with E-state index in [-0.39, 0.29) is 20.6 Å². The van der Waals surface area contributed by atoms with Gasteiger partial charge in [0.2, 0.25) is 0 Å². The summed E-state index contributed by atoms with van der Waals surface area (Å²) >= 11 is 11.8. The van der Waals surface area contributed by atoms with Gasteiger partial charge >= 0.3 is 0 Å². The molecule has 3 aromatic rings. The van der Waals surface area contributed by atoms with Crippen LogP contribution in [0.5, 0.6) is 0 Å². The largest absolute Gasteiger partial charge is 0.396 e. The molecule has 0 spiro atoms. The van der Waals surface area contributed by atoms with Crippen LogP contribution >= 0.6 is 23.2 Å². The molecule has 6 nitrogen and oxygen atoms in total. The molecule has 1 aromatic heterocycles. The van der Waals surface area contributed by atoms with Crippen molar-refractivity contribution in [2.24, 2.45) is 0 Å². The summed E-state index contributed by atoms with van der Waals surface area (Å²) in [5.74, 6) is -0.784. The van der Waals surface area contributed by atoms with Crippen LogP contribution in [0.3, 0.4) is 0 Å². The molecule has 0 saturated heterocycles. The first kappa shape index (κ1) is 17.5. The van der Waals surface area contributed by atoms with E-state index in [1.54, 1.807) is 0 Å². The number of hydrogen-bond acceptors (Lipinski definition) is 4. The fraction of sp³-hybridized carbons (Fsp3) is 0. The third-order valence-corrected chi connectivity index (χ3v) is 5.72. The molecule has 0 unspecified atom stereocenters. The van der Waals surface area contributed by atoms with Gasteiger partial charge in [0.15, 0.2) is 0 Å². The minimum atomic E-state index is -4.12. The molecule has 0 fully saturated rings. The number of benzene rings is 2. The molecular formula is C15H11Cl2FN4O2S. The van der Waals surface area contributed by atoms with Crippen LogP contribution < -0.4 is 10.5 Å². The second-order valence-electron chi connectivity index (χ2n) is 5.05. The maximum atomic E-state index is 14.3. The number of aromatic nitrogens is 2. The van der Waals surface area contributed by atoms with Crippen molar-refractivity contribution in [2.75, 3.05) is 10.5 Å². The van der Waals surface area contributed by atoms with Crippen molar-refractivity contribution in [3.8, 4) is 11.3 Å². The van der Waals surface area contributed by atoms with Crippen LogP contribution in [0.15, 0.2) is 47.5 Å². The molecule has 0 radical (unpaired) electrons. The molecule has 130 valence electrons. The average molecular weight is 401 g/mol. The Morgan fingerprint density at radius 1 is 1.20 bits per heavy atom. The van der Waals surface area contributed by atoms with Crippen molar-refractivity contribution in [3.63, 3.8) is 0 Å². The number of anilines is 2. The fourth-order valence-corrected chi connectivity index (χ4v) is 4.00. The number of sulfonamides is 1. The highest BCUT2D eigenvalue weighted by molar-refractivity contribution is 7.92. The zero-order valence-electron chi connectivity index (χ0n) is 12.4. The van der Waals surface area contributed by atoms with Crippen molar-refractivity contribution < 1.29 is 12.8 Å². The first-order valence-electron chi connectivity index (χ1n) is 6.85. The van der Waals surface area contributed by atoms with Crippen molar-refractivity contribution >= 4 is 44.6 Å². The predicted octanol–water partition coefficient (Wildman–Crippen LogP) is 3.91. The predicted molar refractivity (Wildman–Crippen MR) is 95.7 cm³/mol. The summed E-state index contributed by atoms with van der Waals surface area (Å²) < 4.78 is 41.4. The van der Waals surface area contributed by atoms with E-state index in [0.29, 0.717) is 16.9 Å². The minimum absolute atomic E-state index is 0.0788. The van der Waals surface area contributed by atoms with Gasteiger partial charge in [-0.1, -0.05) is 35.3 Å². The highest BCUT2D eigenvalue weighted by Crippen LogP contribution is 2.32. The zero-order chi connectivity index (χ0) is 18.2. The van der Waals surface area contributed by atoms with Crippen LogP contribution in [0.1, 0.15) is 0 Å². The third kappa shape index (κ3) is 3.41. The smallest absolute Gasteiger partial charge is 0.263 e. The van der Waals surface area contributed by atoms with Gasteiger partial charge in [-0.2, -0.15) is 5.10 Å². The quantitative estimate of drug-likeness (QED) is 0.617. The van der Waals surface area contributed by atoms with Crippen LogP contribution in [0, 0.1) is 5.82 Å². The Morgan fingerprint density at radius 3 is 2.60 bits per heavy atom. The van der Waals surface area contributed by atoms with Crippen molar-refractivity contribution in [1.82, 2.24) is 10.2 Å². The molecule has 2 aromatic carbocycles. The van der Waals surface area contributed by atoms with Crippen molar-refractivity contribution in [3.05, 3.63) is 58.5 Å². The highest BCUT2D eigenvalue weighted by Gasteiger charge is 2.21. The zero-order valence-corrected chi connectivity index (χ0v) is 14.8. The van der Waals surface area contributed by atoms with Gasteiger partial charge in [-0.3, -0.25) is 9.82 Å². The molecular weight excluding hydrogens is 390 g/mol. The maximum absolute atomic E-state index is 14.3. The average Bonchev–Trinajstić information content (AvgIpc) is 2.98. The lowest BCUT2D eigenvalue weighted by Gasteiger charge is -2.11. The Hall–Kier alpha value is -2.29. The summed E-state index contributed by atoms with van der Waals surface area (Å²) in [5.41, 5.74) is 6.69. The number of nitrogens with zero attached hydrogens (tertiary/aromatic N) is 1. The molecule has 0 saturated carbocycles. The molecule has 25 heavy (non-hydrogen) atoms. The van der Waals surface area contributed by atoms with Gasteiger partial charge in [-0.25, -0.2) is 12.8 Å². The lowest BCUT2D eigenvalue weighted by atomic mass is 10.1. The summed E-state index contributed by atoms with van der Waals surface area (Å²) in [5, 5.41) is 6.34. The Morgan fingerprint density at radius 2 is 1.96 bits per heavy atom. The molecule has 1 heterocycles. The number of nitrogens with two attached hydrogens (primary N) is 1. The van der Waals surface area contributed by atoms with E-state index in [0.717, 1.165) is 6.07 Å². The van der Waals surface area contributed by atoms with Gasteiger partial charge in [0.25, 0.3) is 10.0 Å². The van der Waals surface area contributed by atoms with Gasteiger partial charge in [-0.15, -0.1) is 0 Å². The number of aromatic amines is 1. The monoisotopic (exact) mass is 400 g/mol. The molecule has 0 atom stereocenters. The third-order valence-electron chi connectivity index (χ3n) is 3.38. The van der Waals surface area contributed by atoms with E-state index in [9.17, 15) is 12.8 Å². The topological polar surface area (TPSA) is 101 Å². The summed E-state index contributed by atoms with van der Waals surface area (Å²) in [6, 6.07) is 8.08. The van der Waals surface area contributed by atoms with Crippen LogP contribution in [0.25, 0.3) is 11.3 Å². The summed E-state index contributed by atoms with van der Waals surface area (Å²) in [4.78, 5) is -0.247. The maximum Gasteiger partial charge on any atom is 0.263 e. The van der Waals surface area contributed by atoms with Crippen LogP contribution in [-0.4, -0.2) is 18.6 Å². The van der Waals surface area contributed by atoms with Gasteiger partial charge in [0.05, 0.1) is 33.3 Å². The lowest BCUT2D eigenvalue weighted by molar-refractivity contribution is 0.598. The number of nitrogen functional groups attached to an aromatic ring is 1. The highest BCUT2D eigenvalue weighted by atomic mass is 35.5. The van der Waals surface area contributed by atoms with Crippen molar-refractivity contribution in [2.45, 2.75) is 4.90 Å². The molecule has 0 amide bonds. The Balaban J connectivity index is 1.95. The number of H-pyrrole nitrogens is 1. The molecule has 4 N–H and O–H groups in total. The van der Waals surface area contributed by atoms with Crippen LogP contribution in [0.4, 0.5) is 15.8 Å². The molecule has 10 heteroatoms. The van der Waals surface area contributed by atoms with E-state index in [2.05, 4.69) is 14.9 Å². The van der Waals surface area contributed by atoms with E-state index >= 15 is 0 Å². The van der Waals surface area contributed by atoms with E-state index in [1.165, 1.54) is 36.5 Å². The Labute approximate surface area is 152 Å². The van der Waals surface area contributed by atoms with Crippen molar-refractivity contribution in [1.29, 1.82) is 0 Å². The molecule has 0 aliphatic heterocycles. The van der Waals surface area contributed by atoms with E-state index in [1.807, 2.05) is 0 Å². The van der Waals surface area contributed by atoms with Gasteiger partial charge in [-0.05, 0) is 24.3 Å². The summed E-state index contributed by atoms with van der Waals surface area (Å²) in [6.07, 6.45) is 1.39. The molecule has 0 aliphatic rings. The van der Waals surface area contributed by atoms with Crippen LogP contribution in [-0.2, 0) is 10.0 Å². The normalized spacial score (nSPS) is 11.5. The molecule has 0 bridgehead atoms. The number of hydrogen-bond donors (Lipinski definition) is 3. The second kappa shape index (κ2) is 6.55. The SMILES string of the molecule is Nc1cn[nH]c1-c1ccc(NS(=O)(=O)c2cccc(Cl)c2Cl)c(F)c1. The standard InChI is InChI=1S/C15H11Cl2FN4O2S/c16-9-2-1-3-13(14(9)17)25(23,24)22-12-5-4-8(6-10(12)18)15-11(19)7-20-21-15/h1-7,22H,19H2,(H,20,21). The molecule has 3 rings (SSSR count). The van der Waals surface area contributed by atoms with Gasteiger partial charge in [0, 0.05) is 5.56 Å². The number of rotatable bonds is 4. The Bertz CT molecular complexity index is 1050. The Kier molecular flexibility index (Phi) is 4.59. The van der Waals surface area contributed by atoms with Gasteiger partial charge in [0.1, 0.15) is 10.7 Å². The number of halogens is 3. The first-order chi connectivity index (χ1) is 11.8. The summed E-state index contributed by atoms with van der Waals surface area (Å²) in [6.45, 7) is 0. The molecule has 0 aliphatic carbocycles. The second-order valence-corrected chi connectivity index (χ2v) is 7.49. The lowest BCUT2D eigenvalue weighted by Crippen LogP contribution is -2.14. The number of nitrogens with one attached hydrogen (secondary N) is 2. The van der Waals surface area contributed by atoms with E-state index in [4.69, 9.17) is 28.9 Å². The fourth-order valence-electron chi connectivity index (χ4n) is 2.17. The first-order valence-corrected chi connectivity index (χ1v) is 9.09. The van der Waals surface area contributed by atoms with Gasteiger partial charge < -0.3 is 5.73 Å². The summed E-state index contributed by atoms with van der Waals surface area (Å²) in [7, 11) is -4.12.